The Kier molecular flexibility index (Phi) is 5.65. The van der Waals surface area contributed by atoms with E-state index in [4.69, 9.17) is 0 Å². The van der Waals surface area contributed by atoms with Crippen LogP contribution < -0.4 is 16.0 Å². The first-order valence-electron chi connectivity index (χ1n) is 11.3. The molecule has 32 heavy (non-hydrogen) atoms. The molecule has 4 heterocycles. The van der Waals surface area contributed by atoms with Gasteiger partial charge in [0.25, 0.3) is 5.91 Å². The van der Waals surface area contributed by atoms with Crippen LogP contribution >= 0.6 is 0 Å². The zero-order valence-electron chi connectivity index (χ0n) is 18.0. The van der Waals surface area contributed by atoms with Crippen molar-refractivity contribution in [1.82, 2.24) is 25.3 Å². The number of carbonyl (C=O) groups excluding carboxylic acids is 3. The fourth-order valence-corrected chi connectivity index (χ4v) is 4.79. The number of fused-ring (bicyclic) bond motifs is 1. The maximum atomic E-state index is 13.0. The summed E-state index contributed by atoms with van der Waals surface area (Å²) in [6, 6.07) is 7.23. The predicted molar refractivity (Wildman–Crippen MR) is 118 cm³/mol. The zero-order chi connectivity index (χ0) is 22.1. The number of benzene rings is 1. The summed E-state index contributed by atoms with van der Waals surface area (Å²) in [5.74, 6) is 0.670. The number of hydrogen-bond acceptors (Lipinski definition) is 6. The number of hydrogen-bond donors (Lipinski definition) is 3. The highest BCUT2D eigenvalue weighted by atomic mass is 16.2. The van der Waals surface area contributed by atoms with Gasteiger partial charge in [-0.15, -0.1) is 0 Å². The second-order valence-corrected chi connectivity index (χ2v) is 8.86. The van der Waals surface area contributed by atoms with E-state index in [0.29, 0.717) is 31.0 Å². The van der Waals surface area contributed by atoms with Crippen LogP contribution in [0.1, 0.15) is 47.2 Å². The van der Waals surface area contributed by atoms with Crippen LogP contribution in [0.3, 0.4) is 0 Å². The van der Waals surface area contributed by atoms with Crippen molar-refractivity contribution in [3.8, 4) is 0 Å². The number of imide groups is 1. The molecular weight excluding hydrogens is 408 g/mol. The van der Waals surface area contributed by atoms with Gasteiger partial charge >= 0.3 is 0 Å². The van der Waals surface area contributed by atoms with Crippen LogP contribution in [0.5, 0.6) is 0 Å². The van der Waals surface area contributed by atoms with Crippen molar-refractivity contribution in [1.29, 1.82) is 0 Å². The lowest BCUT2D eigenvalue weighted by Gasteiger charge is -2.29. The molecule has 1 atom stereocenters. The normalized spacial score (nSPS) is 21.6. The van der Waals surface area contributed by atoms with Gasteiger partial charge in [-0.25, -0.2) is 0 Å². The monoisotopic (exact) mass is 436 g/mol. The second-order valence-electron chi connectivity index (χ2n) is 8.86. The number of anilines is 1. The predicted octanol–water partition coefficient (Wildman–Crippen LogP) is 1.26. The largest absolute Gasteiger partial charge is 0.365 e. The Morgan fingerprint density at radius 2 is 1.94 bits per heavy atom. The number of aromatic nitrogens is 2. The van der Waals surface area contributed by atoms with Crippen LogP contribution in [0.25, 0.3) is 0 Å². The first-order chi connectivity index (χ1) is 15.6. The molecule has 0 aliphatic carbocycles. The van der Waals surface area contributed by atoms with E-state index in [0.717, 1.165) is 36.6 Å². The average molecular weight is 437 g/mol. The maximum absolute atomic E-state index is 13.0. The van der Waals surface area contributed by atoms with Gasteiger partial charge in [0.2, 0.25) is 11.8 Å². The van der Waals surface area contributed by atoms with Crippen LogP contribution in [0.15, 0.2) is 30.5 Å². The molecule has 1 aromatic heterocycles. The molecule has 9 nitrogen and oxygen atoms in total. The first-order valence-corrected chi connectivity index (χ1v) is 11.3. The topological polar surface area (TPSA) is 108 Å². The van der Waals surface area contributed by atoms with Crippen LogP contribution in [-0.4, -0.2) is 51.5 Å². The summed E-state index contributed by atoms with van der Waals surface area (Å²) >= 11 is 0. The van der Waals surface area contributed by atoms with E-state index in [1.165, 1.54) is 12.8 Å². The van der Waals surface area contributed by atoms with Crippen LogP contribution in [0.2, 0.25) is 0 Å². The van der Waals surface area contributed by atoms with Crippen LogP contribution in [-0.2, 0) is 29.2 Å². The van der Waals surface area contributed by atoms with E-state index >= 15 is 0 Å². The molecule has 3 amide bonds. The lowest BCUT2D eigenvalue weighted by Crippen LogP contribution is -2.52. The summed E-state index contributed by atoms with van der Waals surface area (Å²) in [4.78, 5) is 38.1. The second kappa shape index (κ2) is 8.74. The van der Waals surface area contributed by atoms with Crippen molar-refractivity contribution in [3.63, 3.8) is 0 Å². The van der Waals surface area contributed by atoms with Gasteiger partial charge in [0.1, 0.15) is 11.9 Å². The summed E-state index contributed by atoms with van der Waals surface area (Å²) in [6.07, 6.45) is 5.01. The summed E-state index contributed by atoms with van der Waals surface area (Å²) < 4.78 is 2.00. The number of nitrogens with one attached hydrogen (secondary N) is 3. The Labute approximate surface area is 186 Å². The van der Waals surface area contributed by atoms with Gasteiger partial charge in [0, 0.05) is 43.9 Å². The van der Waals surface area contributed by atoms with Crippen molar-refractivity contribution in [2.24, 2.45) is 5.92 Å². The van der Waals surface area contributed by atoms with Crippen molar-refractivity contribution in [2.75, 3.05) is 18.4 Å². The van der Waals surface area contributed by atoms with Crippen molar-refractivity contribution in [3.05, 3.63) is 47.2 Å². The molecule has 5 rings (SSSR count). The molecule has 0 spiro atoms. The molecule has 2 saturated heterocycles. The first kappa shape index (κ1) is 20.7. The molecule has 168 valence electrons. The molecule has 2 fully saturated rings. The van der Waals surface area contributed by atoms with E-state index in [9.17, 15) is 14.4 Å². The smallest absolute Gasteiger partial charge is 0.255 e. The Morgan fingerprint density at radius 3 is 2.75 bits per heavy atom. The number of amides is 3. The molecule has 0 bridgehead atoms. The van der Waals surface area contributed by atoms with Crippen molar-refractivity contribution < 1.29 is 14.4 Å². The molecule has 1 aromatic carbocycles. The van der Waals surface area contributed by atoms with Gasteiger partial charge < -0.3 is 15.5 Å². The number of carbonyl (C=O) groups is 3. The Hall–Kier alpha value is -3.20. The molecule has 0 saturated carbocycles. The highest BCUT2D eigenvalue weighted by molar-refractivity contribution is 6.05. The summed E-state index contributed by atoms with van der Waals surface area (Å²) in [7, 11) is 0. The zero-order valence-corrected chi connectivity index (χ0v) is 18.0. The summed E-state index contributed by atoms with van der Waals surface area (Å²) in [5, 5.41) is 13.7. The van der Waals surface area contributed by atoms with E-state index in [1.54, 1.807) is 4.90 Å². The lowest BCUT2D eigenvalue weighted by molar-refractivity contribution is -0.136. The minimum atomic E-state index is -0.585. The van der Waals surface area contributed by atoms with E-state index in [-0.39, 0.29) is 24.1 Å². The Morgan fingerprint density at radius 1 is 1.09 bits per heavy atom. The third kappa shape index (κ3) is 4.25. The molecule has 1 unspecified atom stereocenters. The summed E-state index contributed by atoms with van der Waals surface area (Å²) in [6.45, 7) is 4.05. The molecule has 3 aliphatic rings. The van der Waals surface area contributed by atoms with Crippen LogP contribution in [0.4, 0.5) is 5.82 Å². The summed E-state index contributed by atoms with van der Waals surface area (Å²) in [5.41, 5.74) is 2.52. The minimum Gasteiger partial charge on any atom is -0.365 e. The highest BCUT2D eigenvalue weighted by Crippen LogP contribution is 2.28. The number of piperidine rings is 2. The molecule has 3 aliphatic heterocycles. The lowest BCUT2D eigenvalue weighted by atomic mass is 9.98. The van der Waals surface area contributed by atoms with Gasteiger partial charge in [-0.05, 0) is 55.5 Å². The van der Waals surface area contributed by atoms with Gasteiger partial charge in [-0.3, -0.25) is 24.4 Å². The fourth-order valence-electron chi connectivity index (χ4n) is 4.79. The third-order valence-corrected chi connectivity index (χ3v) is 6.61. The Balaban J connectivity index is 1.20. The quantitative estimate of drug-likeness (QED) is 0.589. The standard InChI is InChI=1S/C23H28N6O3/c30-21-4-3-19(22(31)26-21)29-14-17-2-1-16(11-18(17)23(29)32)12-25-20-7-10-28(27-20)13-15-5-8-24-9-6-15/h1-2,7,10-11,15,19,24H,3-6,8-9,12-14H2,(H,25,27)(H,26,30,31). The van der Waals surface area contributed by atoms with E-state index < -0.39 is 6.04 Å². The van der Waals surface area contributed by atoms with Gasteiger partial charge in [0.15, 0.2) is 0 Å². The maximum Gasteiger partial charge on any atom is 0.255 e. The van der Waals surface area contributed by atoms with Gasteiger partial charge in [0.05, 0.1) is 0 Å². The number of nitrogens with zero attached hydrogens (tertiary/aromatic N) is 3. The third-order valence-electron chi connectivity index (χ3n) is 6.61. The highest BCUT2D eigenvalue weighted by Gasteiger charge is 2.39. The van der Waals surface area contributed by atoms with Crippen LogP contribution in [0, 0.1) is 5.92 Å². The van der Waals surface area contributed by atoms with Crippen molar-refractivity contribution >= 4 is 23.5 Å². The molecular formula is C23H28N6O3. The fraction of sp³-hybridized carbons (Fsp3) is 0.478. The Bertz CT molecular complexity index is 1040. The molecule has 3 N–H and O–H groups in total. The average Bonchev–Trinajstić information content (AvgIpc) is 3.37. The van der Waals surface area contributed by atoms with Gasteiger partial charge in [-0.2, -0.15) is 5.10 Å². The number of rotatable bonds is 6. The van der Waals surface area contributed by atoms with E-state index in [1.807, 2.05) is 35.1 Å². The van der Waals surface area contributed by atoms with Gasteiger partial charge in [-0.1, -0.05) is 12.1 Å². The van der Waals surface area contributed by atoms with Crippen molar-refractivity contribution in [2.45, 2.75) is 51.4 Å². The SMILES string of the molecule is O=C1CCC(N2Cc3ccc(CNc4ccn(CC5CCNCC5)n4)cc3C2=O)C(=O)N1. The molecule has 2 aromatic rings. The van der Waals surface area contributed by atoms with E-state index in [2.05, 4.69) is 21.0 Å². The minimum absolute atomic E-state index is 0.150. The molecule has 0 radical (unpaired) electrons. The molecule has 9 heteroatoms.